The van der Waals surface area contributed by atoms with Crippen LogP contribution in [0.15, 0.2) is 24.3 Å². The second kappa shape index (κ2) is 8.38. The van der Waals surface area contributed by atoms with Crippen molar-refractivity contribution in [2.24, 2.45) is 0 Å². The average Bonchev–Trinajstić information content (AvgIpc) is 2.77. The van der Waals surface area contributed by atoms with Crippen molar-refractivity contribution in [3.05, 3.63) is 29.8 Å². The molecule has 2 rings (SSSR count). The Kier molecular flexibility index (Phi) is 6.23. The van der Waals surface area contributed by atoms with E-state index in [9.17, 15) is 9.59 Å². The summed E-state index contributed by atoms with van der Waals surface area (Å²) in [6.45, 7) is 6.46. The van der Waals surface area contributed by atoms with Crippen LogP contribution in [-0.4, -0.2) is 37.2 Å². The lowest BCUT2D eigenvalue weighted by Crippen LogP contribution is -2.39. The summed E-state index contributed by atoms with van der Waals surface area (Å²) in [5, 5.41) is 2.69. The summed E-state index contributed by atoms with van der Waals surface area (Å²) >= 11 is 0. The van der Waals surface area contributed by atoms with Crippen molar-refractivity contribution in [1.82, 2.24) is 5.32 Å². The van der Waals surface area contributed by atoms with Crippen molar-refractivity contribution in [3.63, 3.8) is 0 Å². The summed E-state index contributed by atoms with van der Waals surface area (Å²) in [4.78, 5) is 23.5. The van der Waals surface area contributed by atoms with Gasteiger partial charge in [0.2, 0.25) is 0 Å². The summed E-state index contributed by atoms with van der Waals surface area (Å²) in [5.74, 6) is 0.467. The average molecular weight is 333 g/mol. The van der Waals surface area contributed by atoms with E-state index in [2.05, 4.69) is 5.32 Å². The van der Waals surface area contributed by atoms with E-state index in [4.69, 9.17) is 14.2 Å². The molecule has 0 aliphatic carbocycles. The normalized spacial score (nSPS) is 15.0. The predicted octanol–water partition coefficient (Wildman–Crippen LogP) is 2.32. The van der Waals surface area contributed by atoms with Gasteiger partial charge in [-0.1, -0.05) is 6.07 Å². The van der Waals surface area contributed by atoms with Gasteiger partial charge in [0.15, 0.2) is 17.6 Å². The number of amides is 1. The van der Waals surface area contributed by atoms with E-state index in [-0.39, 0.29) is 11.9 Å². The van der Waals surface area contributed by atoms with Gasteiger partial charge in [-0.15, -0.1) is 0 Å². The number of nitrogens with one attached hydrogen (secondary N) is 1. The van der Waals surface area contributed by atoms with Crippen molar-refractivity contribution in [3.8, 4) is 11.5 Å². The van der Waals surface area contributed by atoms with Gasteiger partial charge in [0.25, 0.3) is 5.91 Å². The molecule has 0 radical (unpaired) electrons. The van der Waals surface area contributed by atoms with Crippen LogP contribution >= 0.6 is 0 Å². The third-order valence-electron chi connectivity index (χ3n) is 3.28. The first kappa shape index (κ1) is 17.8. The highest BCUT2D eigenvalue weighted by Crippen LogP contribution is 2.30. The van der Waals surface area contributed by atoms with Gasteiger partial charge in [-0.2, -0.15) is 0 Å². The van der Waals surface area contributed by atoms with E-state index < -0.39 is 12.1 Å². The Balaban J connectivity index is 1.94. The number of fused-ring (bicyclic) bond motifs is 1. The molecule has 130 valence electrons. The van der Waals surface area contributed by atoms with Crippen LogP contribution < -0.4 is 14.8 Å². The van der Waals surface area contributed by atoms with Gasteiger partial charge in [0.1, 0.15) is 0 Å². The van der Waals surface area contributed by atoms with E-state index in [1.807, 2.05) is 26.0 Å². The SMILES string of the molecule is CC(C)NC(=O)[C@H](C)OC(=O)/C=C/c1ccc2c(c1)OCCCO2. The lowest BCUT2D eigenvalue weighted by atomic mass is 10.2. The van der Waals surface area contributed by atoms with Crippen LogP contribution in [0.4, 0.5) is 0 Å². The molecule has 0 saturated carbocycles. The maximum absolute atomic E-state index is 11.8. The second-order valence-corrected chi connectivity index (χ2v) is 5.83. The number of esters is 1. The number of hydrogen-bond acceptors (Lipinski definition) is 5. The molecule has 6 heteroatoms. The van der Waals surface area contributed by atoms with E-state index in [1.54, 1.807) is 12.1 Å². The minimum atomic E-state index is -0.840. The third kappa shape index (κ3) is 5.30. The maximum Gasteiger partial charge on any atom is 0.331 e. The maximum atomic E-state index is 11.8. The molecule has 0 unspecified atom stereocenters. The Morgan fingerprint density at radius 2 is 1.88 bits per heavy atom. The number of rotatable bonds is 5. The van der Waals surface area contributed by atoms with Crippen molar-refractivity contribution < 1.29 is 23.8 Å². The van der Waals surface area contributed by atoms with Gasteiger partial charge >= 0.3 is 5.97 Å². The topological polar surface area (TPSA) is 73.9 Å². The highest BCUT2D eigenvalue weighted by atomic mass is 16.5. The largest absolute Gasteiger partial charge is 0.490 e. The molecule has 24 heavy (non-hydrogen) atoms. The van der Waals surface area contributed by atoms with E-state index >= 15 is 0 Å². The molecule has 1 heterocycles. The smallest absolute Gasteiger partial charge is 0.331 e. The molecule has 1 aliphatic rings. The highest BCUT2D eigenvalue weighted by molar-refractivity contribution is 5.90. The molecule has 0 aromatic heterocycles. The van der Waals surface area contributed by atoms with Gasteiger partial charge in [0, 0.05) is 18.5 Å². The number of benzene rings is 1. The first-order chi connectivity index (χ1) is 11.5. The molecule has 0 saturated heterocycles. The molecule has 0 bridgehead atoms. The van der Waals surface area contributed by atoms with Crippen LogP contribution in [0.1, 0.15) is 32.8 Å². The minimum Gasteiger partial charge on any atom is -0.490 e. The van der Waals surface area contributed by atoms with E-state index in [0.29, 0.717) is 24.7 Å². The van der Waals surface area contributed by atoms with Crippen molar-refractivity contribution in [1.29, 1.82) is 0 Å². The summed E-state index contributed by atoms with van der Waals surface area (Å²) in [6, 6.07) is 5.44. The molecule has 0 fully saturated rings. The Bertz CT molecular complexity index is 624. The van der Waals surface area contributed by atoms with E-state index in [1.165, 1.54) is 13.0 Å². The molecular weight excluding hydrogens is 310 g/mol. The first-order valence-corrected chi connectivity index (χ1v) is 8.04. The van der Waals surface area contributed by atoms with Crippen LogP contribution in [-0.2, 0) is 14.3 Å². The zero-order valence-corrected chi connectivity index (χ0v) is 14.2. The number of hydrogen-bond donors (Lipinski definition) is 1. The quantitative estimate of drug-likeness (QED) is 0.661. The first-order valence-electron chi connectivity index (χ1n) is 8.04. The Labute approximate surface area is 141 Å². The number of ether oxygens (including phenoxy) is 3. The lowest BCUT2D eigenvalue weighted by Gasteiger charge is -2.14. The zero-order valence-electron chi connectivity index (χ0n) is 14.2. The van der Waals surface area contributed by atoms with Crippen molar-refractivity contribution in [2.75, 3.05) is 13.2 Å². The van der Waals surface area contributed by atoms with Gasteiger partial charge in [-0.25, -0.2) is 4.79 Å². The Hall–Kier alpha value is -2.50. The fourth-order valence-electron chi connectivity index (χ4n) is 2.12. The summed E-state index contributed by atoms with van der Waals surface area (Å²) in [6.07, 6.45) is 2.90. The highest BCUT2D eigenvalue weighted by Gasteiger charge is 2.17. The van der Waals surface area contributed by atoms with Crippen LogP contribution in [0.5, 0.6) is 11.5 Å². The third-order valence-corrected chi connectivity index (χ3v) is 3.28. The monoisotopic (exact) mass is 333 g/mol. The fourth-order valence-corrected chi connectivity index (χ4v) is 2.12. The van der Waals surface area contributed by atoms with E-state index in [0.717, 1.165) is 12.0 Å². The number of carbonyl (C=O) groups is 2. The van der Waals surface area contributed by atoms with Crippen LogP contribution in [0.3, 0.4) is 0 Å². The second-order valence-electron chi connectivity index (χ2n) is 5.83. The minimum absolute atomic E-state index is 0.00371. The Morgan fingerprint density at radius 1 is 1.17 bits per heavy atom. The van der Waals surface area contributed by atoms with Gasteiger partial charge in [-0.3, -0.25) is 4.79 Å². The predicted molar refractivity (Wildman–Crippen MR) is 89.9 cm³/mol. The fraction of sp³-hybridized carbons (Fsp3) is 0.444. The van der Waals surface area contributed by atoms with Gasteiger partial charge in [0.05, 0.1) is 13.2 Å². The molecule has 1 aromatic carbocycles. The molecule has 0 spiro atoms. The lowest BCUT2D eigenvalue weighted by molar-refractivity contribution is -0.150. The molecule has 1 atom stereocenters. The van der Waals surface area contributed by atoms with Crippen molar-refractivity contribution in [2.45, 2.75) is 39.3 Å². The van der Waals surface area contributed by atoms with Crippen molar-refractivity contribution >= 4 is 18.0 Å². The summed E-state index contributed by atoms with van der Waals surface area (Å²) in [7, 11) is 0. The molecule has 1 N–H and O–H groups in total. The zero-order chi connectivity index (χ0) is 17.5. The molecule has 1 aromatic rings. The van der Waals surface area contributed by atoms with Gasteiger partial charge < -0.3 is 19.5 Å². The standard InChI is InChI=1S/C18H23NO5/c1-12(2)19-18(21)13(3)24-17(20)8-6-14-5-7-15-16(11-14)23-10-4-9-22-15/h5-8,11-13H,4,9-10H2,1-3H3,(H,19,21)/b8-6+/t13-/m0/s1. The molecule has 1 aliphatic heterocycles. The summed E-state index contributed by atoms with van der Waals surface area (Å²) < 4.78 is 16.2. The van der Waals surface area contributed by atoms with Crippen LogP contribution in [0, 0.1) is 0 Å². The number of carbonyl (C=O) groups excluding carboxylic acids is 2. The van der Waals surface area contributed by atoms with Crippen LogP contribution in [0.2, 0.25) is 0 Å². The van der Waals surface area contributed by atoms with Crippen LogP contribution in [0.25, 0.3) is 6.08 Å². The molecular formula is C18H23NO5. The molecule has 6 nitrogen and oxygen atoms in total. The summed E-state index contributed by atoms with van der Waals surface area (Å²) in [5.41, 5.74) is 0.787. The Morgan fingerprint density at radius 3 is 2.58 bits per heavy atom. The van der Waals surface area contributed by atoms with Gasteiger partial charge in [-0.05, 0) is 44.5 Å². The molecule has 1 amide bonds.